The third kappa shape index (κ3) is 4.17. The zero-order valence-corrected chi connectivity index (χ0v) is 15.0. The van der Waals surface area contributed by atoms with Crippen LogP contribution in [0.2, 0.25) is 0 Å². The van der Waals surface area contributed by atoms with Crippen molar-refractivity contribution in [2.75, 3.05) is 39.4 Å². The van der Waals surface area contributed by atoms with E-state index in [0.29, 0.717) is 12.5 Å². The van der Waals surface area contributed by atoms with Crippen molar-refractivity contribution >= 4 is 5.91 Å². The molecular weight excluding hydrogens is 300 g/mol. The van der Waals surface area contributed by atoms with Gasteiger partial charge in [-0.1, -0.05) is 30.3 Å². The molecule has 0 N–H and O–H groups in total. The van der Waals surface area contributed by atoms with E-state index in [1.165, 1.54) is 0 Å². The summed E-state index contributed by atoms with van der Waals surface area (Å²) < 4.78 is 5.93. The van der Waals surface area contributed by atoms with Gasteiger partial charge in [0.1, 0.15) is 0 Å². The number of ether oxygens (including phenoxy) is 1. The lowest BCUT2D eigenvalue weighted by Crippen LogP contribution is -2.53. The second-order valence-electron chi connectivity index (χ2n) is 7.70. The SMILES string of the molecule is CC(C)N1CCOC[C@@]2(CCCN(C(=O)Cc3ccccc3)C2)C1. The molecule has 0 aliphatic carbocycles. The predicted octanol–water partition coefficient (Wildman–Crippen LogP) is 2.58. The van der Waals surface area contributed by atoms with Crippen LogP contribution in [0.25, 0.3) is 0 Å². The van der Waals surface area contributed by atoms with E-state index in [1.54, 1.807) is 0 Å². The first-order chi connectivity index (χ1) is 11.6. The molecule has 4 heteroatoms. The lowest BCUT2D eigenvalue weighted by molar-refractivity contribution is -0.135. The summed E-state index contributed by atoms with van der Waals surface area (Å²) in [4.78, 5) is 17.4. The van der Waals surface area contributed by atoms with Gasteiger partial charge in [-0.25, -0.2) is 0 Å². The minimum atomic E-state index is 0.103. The van der Waals surface area contributed by atoms with Gasteiger partial charge in [0.05, 0.1) is 19.6 Å². The fourth-order valence-electron chi connectivity index (χ4n) is 4.02. The van der Waals surface area contributed by atoms with Gasteiger partial charge in [0.2, 0.25) is 5.91 Å². The van der Waals surface area contributed by atoms with Crippen molar-refractivity contribution in [1.82, 2.24) is 9.80 Å². The fourth-order valence-corrected chi connectivity index (χ4v) is 4.02. The minimum Gasteiger partial charge on any atom is -0.379 e. The van der Waals surface area contributed by atoms with Crippen molar-refractivity contribution in [3.05, 3.63) is 35.9 Å². The molecule has 1 amide bonds. The maximum atomic E-state index is 12.8. The number of carbonyl (C=O) groups excluding carboxylic acids is 1. The summed E-state index contributed by atoms with van der Waals surface area (Å²) in [6.45, 7) is 9.84. The normalized spacial score (nSPS) is 25.9. The molecule has 1 atom stereocenters. The summed E-state index contributed by atoms with van der Waals surface area (Å²) in [5, 5.41) is 0. The number of likely N-dealkylation sites (tertiary alicyclic amines) is 1. The Morgan fingerprint density at radius 2 is 2.00 bits per heavy atom. The highest BCUT2D eigenvalue weighted by molar-refractivity contribution is 5.78. The fraction of sp³-hybridized carbons (Fsp3) is 0.650. The Balaban J connectivity index is 1.67. The molecule has 1 aromatic rings. The highest BCUT2D eigenvalue weighted by Crippen LogP contribution is 2.33. The van der Waals surface area contributed by atoms with Crippen LogP contribution in [0.3, 0.4) is 0 Å². The van der Waals surface area contributed by atoms with Crippen LogP contribution in [0, 0.1) is 5.41 Å². The number of benzene rings is 1. The van der Waals surface area contributed by atoms with E-state index in [4.69, 9.17) is 4.74 Å². The Morgan fingerprint density at radius 1 is 1.21 bits per heavy atom. The molecule has 2 aliphatic rings. The molecule has 0 radical (unpaired) electrons. The van der Waals surface area contributed by atoms with E-state index < -0.39 is 0 Å². The number of piperidine rings is 1. The third-order valence-electron chi connectivity index (χ3n) is 5.41. The van der Waals surface area contributed by atoms with E-state index in [-0.39, 0.29) is 11.3 Å². The molecule has 0 saturated carbocycles. The first-order valence-electron chi connectivity index (χ1n) is 9.21. The largest absolute Gasteiger partial charge is 0.379 e. The number of rotatable bonds is 3. The van der Waals surface area contributed by atoms with Gasteiger partial charge in [0, 0.05) is 37.6 Å². The third-order valence-corrected chi connectivity index (χ3v) is 5.41. The van der Waals surface area contributed by atoms with Crippen LogP contribution in [-0.4, -0.2) is 61.1 Å². The molecule has 2 heterocycles. The Hall–Kier alpha value is -1.39. The average Bonchev–Trinajstić information content (AvgIpc) is 2.79. The van der Waals surface area contributed by atoms with Crippen LogP contribution in [-0.2, 0) is 16.0 Å². The highest BCUT2D eigenvalue weighted by Gasteiger charge is 2.40. The molecule has 2 saturated heterocycles. The van der Waals surface area contributed by atoms with Gasteiger partial charge in [-0.05, 0) is 32.3 Å². The van der Waals surface area contributed by atoms with Crippen molar-refractivity contribution in [2.24, 2.45) is 5.41 Å². The zero-order chi connectivity index (χ0) is 17.0. The van der Waals surface area contributed by atoms with E-state index >= 15 is 0 Å². The number of nitrogens with zero attached hydrogens (tertiary/aromatic N) is 2. The molecule has 3 rings (SSSR count). The highest BCUT2D eigenvalue weighted by atomic mass is 16.5. The summed E-state index contributed by atoms with van der Waals surface area (Å²) in [5.74, 6) is 0.251. The Labute approximate surface area is 145 Å². The molecular formula is C20H30N2O2. The maximum Gasteiger partial charge on any atom is 0.227 e. The first-order valence-corrected chi connectivity index (χ1v) is 9.21. The van der Waals surface area contributed by atoms with Crippen molar-refractivity contribution in [3.63, 3.8) is 0 Å². The smallest absolute Gasteiger partial charge is 0.227 e. The van der Waals surface area contributed by atoms with E-state index in [0.717, 1.165) is 57.8 Å². The molecule has 0 aromatic heterocycles. The summed E-state index contributed by atoms with van der Waals surface area (Å²) in [6, 6.07) is 10.6. The van der Waals surface area contributed by atoms with Gasteiger partial charge in [0.25, 0.3) is 0 Å². The molecule has 2 fully saturated rings. The topological polar surface area (TPSA) is 32.8 Å². The van der Waals surface area contributed by atoms with Crippen LogP contribution < -0.4 is 0 Å². The molecule has 24 heavy (non-hydrogen) atoms. The van der Waals surface area contributed by atoms with Gasteiger partial charge in [-0.3, -0.25) is 9.69 Å². The maximum absolute atomic E-state index is 12.8. The summed E-state index contributed by atoms with van der Waals surface area (Å²) in [6.07, 6.45) is 2.74. The molecule has 1 aromatic carbocycles. The van der Waals surface area contributed by atoms with E-state index in [9.17, 15) is 4.79 Å². The lowest BCUT2D eigenvalue weighted by atomic mass is 9.79. The molecule has 2 aliphatic heterocycles. The summed E-state index contributed by atoms with van der Waals surface area (Å²) in [7, 11) is 0. The van der Waals surface area contributed by atoms with Gasteiger partial charge < -0.3 is 9.64 Å². The second kappa shape index (κ2) is 7.66. The summed E-state index contributed by atoms with van der Waals surface area (Å²) >= 11 is 0. The van der Waals surface area contributed by atoms with Gasteiger partial charge in [-0.15, -0.1) is 0 Å². The van der Waals surface area contributed by atoms with Crippen LogP contribution in [0.4, 0.5) is 0 Å². The van der Waals surface area contributed by atoms with Crippen molar-refractivity contribution in [2.45, 2.75) is 39.2 Å². The lowest BCUT2D eigenvalue weighted by Gasteiger charge is -2.44. The quantitative estimate of drug-likeness (QED) is 0.854. The molecule has 0 unspecified atom stereocenters. The Kier molecular flexibility index (Phi) is 5.57. The van der Waals surface area contributed by atoms with E-state index in [1.807, 2.05) is 30.3 Å². The molecule has 4 nitrogen and oxygen atoms in total. The Bertz CT molecular complexity index is 546. The number of carbonyl (C=O) groups is 1. The molecule has 1 spiro atoms. The minimum absolute atomic E-state index is 0.103. The molecule has 132 valence electrons. The number of hydrogen-bond acceptors (Lipinski definition) is 3. The van der Waals surface area contributed by atoms with Gasteiger partial charge in [0.15, 0.2) is 0 Å². The Morgan fingerprint density at radius 3 is 2.75 bits per heavy atom. The molecule has 0 bridgehead atoms. The van der Waals surface area contributed by atoms with E-state index in [2.05, 4.69) is 23.6 Å². The standard InChI is InChI=1S/C20H30N2O2/c1-17(2)21-11-12-24-16-20(14-21)9-6-10-22(15-20)19(23)13-18-7-4-3-5-8-18/h3-5,7-8,17H,6,9-16H2,1-2H3/t20-/m0/s1. The van der Waals surface area contributed by atoms with Crippen LogP contribution in [0.1, 0.15) is 32.3 Å². The van der Waals surface area contributed by atoms with Crippen molar-refractivity contribution < 1.29 is 9.53 Å². The zero-order valence-electron chi connectivity index (χ0n) is 15.0. The van der Waals surface area contributed by atoms with Crippen molar-refractivity contribution in [3.8, 4) is 0 Å². The first kappa shape index (κ1) is 17.4. The number of hydrogen-bond donors (Lipinski definition) is 0. The predicted molar refractivity (Wildman–Crippen MR) is 95.9 cm³/mol. The van der Waals surface area contributed by atoms with Gasteiger partial charge >= 0.3 is 0 Å². The monoisotopic (exact) mass is 330 g/mol. The second-order valence-corrected chi connectivity index (χ2v) is 7.70. The average molecular weight is 330 g/mol. The van der Waals surface area contributed by atoms with Crippen LogP contribution in [0.15, 0.2) is 30.3 Å². The van der Waals surface area contributed by atoms with Crippen LogP contribution in [0.5, 0.6) is 0 Å². The van der Waals surface area contributed by atoms with Gasteiger partial charge in [-0.2, -0.15) is 0 Å². The summed E-state index contributed by atoms with van der Waals surface area (Å²) in [5.41, 5.74) is 1.20. The number of amides is 1. The van der Waals surface area contributed by atoms with Crippen molar-refractivity contribution in [1.29, 1.82) is 0 Å². The van der Waals surface area contributed by atoms with Crippen LogP contribution >= 0.6 is 0 Å².